The fraction of sp³-hybridized carbons (Fsp3) is 0.148. The predicted octanol–water partition coefficient (Wildman–Crippen LogP) is 6.55. The Labute approximate surface area is 246 Å². The smallest absolute Gasteiger partial charge is 0.294 e. The van der Waals surface area contributed by atoms with Crippen LogP contribution in [-0.2, 0) is 16.2 Å². The van der Waals surface area contributed by atoms with Crippen LogP contribution in [0.4, 0.5) is 10.5 Å². The number of imide groups is 1. The molecule has 0 unspecified atom stereocenters. The molecule has 37 heavy (non-hydrogen) atoms. The molecule has 1 fully saturated rings. The number of anilines is 1. The fourth-order valence-corrected chi connectivity index (χ4v) is 6.37. The maximum absolute atomic E-state index is 13.1. The molecule has 4 rings (SSSR count). The number of ether oxygens (including phenoxy) is 2. The highest BCUT2D eigenvalue weighted by molar-refractivity contribution is 14.1. The Hall–Kier alpha value is -2.58. The fourth-order valence-electron chi connectivity index (χ4n) is 3.49. The van der Waals surface area contributed by atoms with Gasteiger partial charge in [0.2, 0.25) is 5.91 Å². The van der Waals surface area contributed by atoms with E-state index < -0.39 is 17.1 Å². The molecular weight excluding hydrogens is 718 g/mol. The average Bonchev–Trinajstić information content (AvgIpc) is 3.12. The molecule has 0 atom stereocenters. The zero-order valence-electron chi connectivity index (χ0n) is 19.7. The van der Waals surface area contributed by atoms with E-state index in [1.165, 1.54) is 0 Å². The first kappa shape index (κ1) is 27.5. The number of halogens is 2. The highest BCUT2D eigenvalue weighted by atomic mass is 127. The Kier molecular flexibility index (Phi) is 9.49. The summed E-state index contributed by atoms with van der Waals surface area (Å²) < 4.78 is 13.4. The van der Waals surface area contributed by atoms with Gasteiger partial charge in [0, 0.05) is 14.8 Å². The number of carbonyl (C=O) groups excluding carboxylic acids is 3. The van der Waals surface area contributed by atoms with E-state index in [1.807, 2.05) is 49.4 Å². The molecule has 3 amide bonds. The molecule has 0 aromatic heterocycles. The molecular formula is C27H22I2N2O5S. The van der Waals surface area contributed by atoms with E-state index in [0.717, 1.165) is 29.4 Å². The molecule has 0 bridgehead atoms. The van der Waals surface area contributed by atoms with Gasteiger partial charge in [0.1, 0.15) is 24.7 Å². The van der Waals surface area contributed by atoms with Crippen LogP contribution in [0.1, 0.15) is 18.1 Å². The molecule has 7 nitrogen and oxygen atoms in total. The van der Waals surface area contributed by atoms with Crippen LogP contribution in [0.15, 0.2) is 71.6 Å². The molecule has 0 radical (unpaired) electrons. The van der Waals surface area contributed by atoms with E-state index >= 15 is 0 Å². The van der Waals surface area contributed by atoms with Crippen LogP contribution in [0.2, 0.25) is 0 Å². The molecule has 0 spiro atoms. The minimum absolute atomic E-state index is 0.237. The SMILES string of the molecule is CCOc1ccc(NC(=O)CN2C(=O)S/C(=C/c3cc(I)cc(I)c3OCc3ccccc3)C2=O)cc1. The molecule has 3 aromatic rings. The average molecular weight is 740 g/mol. The van der Waals surface area contributed by atoms with Gasteiger partial charge in [0.25, 0.3) is 11.1 Å². The molecule has 190 valence electrons. The third-order valence-corrected chi connectivity index (χ3v) is 7.51. The number of carbonyl (C=O) groups is 3. The van der Waals surface area contributed by atoms with Gasteiger partial charge >= 0.3 is 0 Å². The number of nitrogens with zero attached hydrogens (tertiary/aromatic N) is 1. The van der Waals surface area contributed by atoms with Crippen molar-refractivity contribution >= 4 is 85.8 Å². The summed E-state index contributed by atoms with van der Waals surface area (Å²) in [4.78, 5) is 39.4. The van der Waals surface area contributed by atoms with E-state index in [4.69, 9.17) is 9.47 Å². The number of rotatable bonds is 9. The Bertz CT molecular complexity index is 1350. The van der Waals surface area contributed by atoms with Crippen LogP contribution in [0.25, 0.3) is 6.08 Å². The summed E-state index contributed by atoms with van der Waals surface area (Å²) in [6, 6.07) is 20.5. The van der Waals surface area contributed by atoms with Crippen molar-refractivity contribution in [1.82, 2.24) is 4.90 Å². The first-order valence-corrected chi connectivity index (χ1v) is 14.2. The molecule has 0 aliphatic carbocycles. The van der Waals surface area contributed by atoms with E-state index in [1.54, 1.807) is 30.3 Å². The van der Waals surface area contributed by atoms with Crippen molar-refractivity contribution in [3.8, 4) is 11.5 Å². The number of thioether (sulfide) groups is 1. The van der Waals surface area contributed by atoms with Crippen molar-refractivity contribution in [2.45, 2.75) is 13.5 Å². The first-order chi connectivity index (χ1) is 17.8. The zero-order chi connectivity index (χ0) is 26.4. The Balaban J connectivity index is 1.47. The normalized spacial score (nSPS) is 14.2. The van der Waals surface area contributed by atoms with Crippen LogP contribution in [0.5, 0.6) is 11.5 Å². The van der Waals surface area contributed by atoms with E-state index in [-0.39, 0.29) is 11.4 Å². The van der Waals surface area contributed by atoms with Crippen molar-refractivity contribution in [3.63, 3.8) is 0 Å². The van der Waals surface area contributed by atoms with Crippen LogP contribution in [0.3, 0.4) is 0 Å². The van der Waals surface area contributed by atoms with Gasteiger partial charge in [-0.2, -0.15) is 0 Å². The maximum atomic E-state index is 13.1. The molecule has 1 aliphatic rings. The highest BCUT2D eigenvalue weighted by Gasteiger charge is 2.36. The lowest BCUT2D eigenvalue weighted by molar-refractivity contribution is -0.127. The molecule has 1 heterocycles. The summed E-state index contributed by atoms with van der Waals surface area (Å²) in [5.74, 6) is 0.335. The minimum atomic E-state index is -0.514. The largest absolute Gasteiger partial charge is 0.494 e. The van der Waals surface area contributed by atoms with Gasteiger partial charge in [0.05, 0.1) is 15.1 Å². The van der Waals surface area contributed by atoms with E-state index in [0.29, 0.717) is 36.0 Å². The molecule has 3 aromatic carbocycles. The van der Waals surface area contributed by atoms with E-state index in [9.17, 15) is 14.4 Å². The Morgan fingerprint density at radius 2 is 1.76 bits per heavy atom. The van der Waals surface area contributed by atoms with Gasteiger partial charge in [-0.1, -0.05) is 30.3 Å². The molecule has 1 aliphatic heterocycles. The Morgan fingerprint density at radius 3 is 2.46 bits per heavy atom. The van der Waals surface area contributed by atoms with Crippen molar-refractivity contribution in [2.24, 2.45) is 0 Å². The van der Waals surface area contributed by atoms with Gasteiger partial charge in [-0.25, -0.2) is 0 Å². The molecule has 10 heteroatoms. The Morgan fingerprint density at radius 1 is 1.03 bits per heavy atom. The van der Waals surface area contributed by atoms with Gasteiger partial charge < -0.3 is 14.8 Å². The lowest BCUT2D eigenvalue weighted by atomic mass is 10.1. The predicted molar refractivity (Wildman–Crippen MR) is 162 cm³/mol. The molecule has 0 saturated carbocycles. The van der Waals surface area contributed by atoms with Crippen molar-refractivity contribution < 1.29 is 23.9 Å². The standard InChI is InChI=1S/C27H22I2N2O5S/c1-2-35-21-10-8-20(9-11-21)30-24(32)15-31-26(33)23(37-27(31)34)13-18-12-19(28)14-22(29)25(18)36-16-17-6-4-3-5-7-17/h3-14H,2,15-16H2,1H3,(H,30,32)/b23-13+. The summed E-state index contributed by atoms with van der Waals surface area (Å²) in [6.07, 6.45) is 1.65. The zero-order valence-corrected chi connectivity index (χ0v) is 24.8. The minimum Gasteiger partial charge on any atom is -0.494 e. The lowest BCUT2D eigenvalue weighted by Gasteiger charge is -2.14. The summed E-state index contributed by atoms with van der Waals surface area (Å²) in [5.41, 5.74) is 2.25. The summed E-state index contributed by atoms with van der Waals surface area (Å²) in [7, 11) is 0. The van der Waals surface area contributed by atoms with Crippen LogP contribution in [-0.4, -0.2) is 35.1 Å². The van der Waals surface area contributed by atoms with Crippen molar-refractivity contribution in [3.05, 3.63) is 89.9 Å². The number of nitrogens with one attached hydrogen (secondary N) is 1. The van der Waals surface area contributed by atoms with Crippen molar-refractivity contribution in [2.75, 3.05) is 18.5 Å². The van der Waals surface area contributed by atoms with Crippen molar-refractivity contribution in [1.29, 1.82) is 0 Å². The van der Waals surface area contributed by atoms with Gasteiger partial charge in [-0.15, -0.1) is 0 Å². The first-order valence-electron chi connectivity index (χ1n) is 11.3. The third-order valence-electron chi connectivity index (χ3n) is 5.17. The summed E-state index contributed by atoms with van der Waals surface area (Å²) >= 11 is 5.21. The summed E-state index contributed by atoms with van der Waals surface area (Å²) in [6.45, 7) is 2.42. The number of hydrogen-bond acceptors (Lipinski definition) is 6. The second-order valence-electron chi connectivity index (χ2n) is 7.85. The highest BCUT2D eigenvalue weighted by Crippen LogP contribution is 2.36. The molecule has 1 N–H and O–H groups in total. The van der Waals surface area contributed by atoms with Crippen LogP contribution in [0, 0.1) is 7.14 Å². The van der Waals surface area contributed by atoms with E-state index in [2.05, 4.69) is 50.5 Å². The second kappa shape index (κ2) is 12.8. The maximum Gasteiger partial charge on any atom is 0.294 e. The quantitative estimate of drug-likeness (QED) is 0.198. The second-order valence-corrected chi connectivity index (χ2v) is 11.3. The topological polar surface area (TPSA) is 84.9 Å². The summed E-state index contributed by atoms with van der Waals surface area (Å²) in [5, 5.41) is 2.21. The van der Waals surface area contributed by atoms with Gasteiger partial charge in [-0.3, -0.25) is 19.3 Å². The van der Waals surface area contributed by atoms with Crippen LogP contribution < -0.4 is 14.8 Å². The number of benzene rings is 3. The van der Waals surface area contributed by atoms with Crippen LogP contribution >= 0.6 is 56.9 Å². The number of amides is 3. The lowest BCUT2D eigenvalue weighted by Crippen LogP contribution is -2.36. The number of hydrogen-bond donors (Lipinski definition) is 1. The van der Waals surface area contributed by atoms with Gasteiger partial charge in [-0.05, 0) is 112 Å². The molecule has 1 saturated heterocycles. The van der Waals surface area contributed by atoms with Gasteiger partial charge in [0.15, 0.2) is 0 Å². The monoisotopic (exact) mass is 740 g/mol. The third kappa shape index (κ3) is 7.26.